The van der Waals surface area contributed by atoms with Crippen molar-refractivity contribution in [2.24, 2.45) is 0 Å². The number of rotatable bonds is 5. The van der Waals surface area contributed by atoms with Gasteiger partial charge in [0, 0.05) is 12.1 Å². The largest absolute Gasteiger partial charge is 0.507 e. The van der Waals surface area contributed by atoms with Gasteiger partial charge in [-0.2, -0.15) is 0 Å². The van der Waals surface area contributed by atoms with Crippen LogP contribution in [-0.4, -0.2) is 23.8 Å². The zero-order valence-electron chi connectivity index (χ0n) is 12.4. The van der Waals surface area contributed by atoms with Gasteiger partial charge in [-0.25, -0.2) is 0 Å². The smallest absolute Gasteiger partial charge is 0.224 e. The predicted octanol–water partition coefficient (Wildman–Crippen LogP) is 1.69. The Morgan fingerprint density at radius 2 is 2.14 bits per heavy atom. The summed E-state index contributed by atoms with van der Waals surface area (Å²) < 4.78 is 5.51. The molecule has 0 atom stereocenters. The van der Waals surface area contributed by atoms with Crippen LogP contribution < -0.4 is 10.7 Å². The first kappa shape index (κ1) is 15.8. The van der Waals surface area contributed by atoms with Crippen molar-refractivity contribution in [1.29, 1.82) is 0 Å². The van der Waals surface area contributed by atoms with Gasteiger partial charge in [0.15, 0.2) is 17.3 Å². The summed E-state index contributed by atoms with van der Waals surface area (Å²) in [5, 5.41) is 12.5. The van der Waals surface area contributed by atoms with Gasteiger partial charge >= 0.3 is 0 Å². The van der Waals surface area contributed by atoms with E-state index in [2.05, 4.69) is 5.32 Å². The lowest BCUT2D eigenvalue weighted by molar-refractivity contribution is -0.120. The average molecular weight is 303 g/mol. The van der Waals surface area contributed by atoms with Crippen LogP contribution in [0.4, 0.5) is 0 Å². The second kappa shape index (κ2) is 6.43. The van der Waals surface area contributed by atoms with Gasteiger partial charge in [-0.3, -0.25) is 14.4 Å². The van der Waals surface area contributed by atoms with E-state index in [1.807, 2.05) is 6.92 Å². The van der Waals surface area contributed by atoms with Crippen molar-refractivity contribution in [2.45, 2.75) is 26.7 Å². The highest BCUT2D eigenvalue weighted by atomic mass is 16.3. The molecule has 1 aromatic heterocycles. The number of phenols is 1. The number of carbonyl (C=O) groups is 2. The summed E-state index contributed by atoms with van der Waals surface area (Å²) in [6.07, 6.45) is 1.16. The molecule has 0 aliphatic heterocycles. The van der Waals surface area contributed by atoms with E-state index in [1.54, 1.807) is 6.92 Å². The molecule has 1 amide bonds. The van der Waals surface area contributed by atoms with E-state index in [-0.39, 0.29) is 51.4 Å². The van der Waals surface area contributed by atoms with Crippen LogP contribution in [0, 0.1) is 6.92 Å². The highest BCUT2D eigenvalue weighted by Crippen LogP contribution is 2.25. The molecule has 6 nitrogen and oxygen atoms in total. The monoisotopic (exact) mass is 303 g/mol. The highest BCUT2D eigenvalue weighted by molar-refractivity contribution is 5.97. The molecular formula is C16H17NO5. The predicted molar refractivity (Wildman–Crippen MR) is 81.3 cm³/mol. The van der Waals surface area contributed by atoms with E-state index < -0.39 is 0 Å². The van der Waals surface area contributed by atoms with E-state index in [9.17, 15) is 19.5 Å². The Bertz CT molecular complexity index is 791. The third-order valence-electron chi connectivity index (χ3n) is 3.40. The molecule has 22 heavy (non-hydrogen) atoms. The number of amides is 1. The lowest BCUT2D eigenvalue weighted by Gasteiger charge is -2.09. The number of benzene rings is 1. The van der Waals surface area contributed by atoms with Gasteiger partial charge in [-0.05, 0) is 25.5 Å². The summed E-state index contributed by atoms with van der Waals surface area (Å²) >= 11 is 0. The molecule has 116 valence electrons. The fraction of sp³-hybridized carbons (Fsp3) is 0.312. The van der Waals surface area contributed by atoms with E-state index in [1.165, 1.54) is 12.1 Å². The van der Waals surface area contributed by atoms with Crippen molar-refractivity contribution >= 4 is 23.2 Å². The van der Waals surface area contributed by atoms with Crippen LogP contribution in [0.15, 0.2) is 21.3 Å². The maximum atomic E-state index is 12.5. The molecule has 2 rings (SSSR count). The number of nitrogens with one attached hydrogen (secondary N) is 1. The molecule has 2 N–H and O–H groups in total. The number of hydrogen-bond acceptors (Lipinski definition) is 5. The highest BCUT2D eigenvalue weighted by Gasteiger charge is 2.18. The summed E-state index contributed by atoms with van der Waals surface area (Å²) in [7, 11) is 0. The second-order valence-corrected chi connectivity index (χ2v) is 4.99. The van der Waals surface area contributed by atoms with E-state index in [0.717, 1.165) is 6.42 Å². The first-order valence-electron chi connectivity index (χ1n) is 6.99. The lowest BCUT2D eigenvalue weighted by Crippen LogP contribution is -2.28. The van der Waals surface area contributed by atoms with Crippen LogP contribution in [0.5, 0.6) is 5.75 Å². The normalized spacial score (nSPS) is 10.6. The Labute approximate surface area is 126 Å². The van der Waals surface area contributed by atoms with Crippen molar-refractivity contribution in [2.75, 3.05) is 6.54 Å². The minimum atomic E-state index is -0.367. The number of aromatic hydroxyl groups is 1. The molecule has 2 aromatic rings. The molecule has 0 fully saturated rings. The van der Waals surface area contributed by atoms with Crippen LogP contribution in [-0.2, 0) is 11.2 Å². The quantitative estimate of drug-likeness (QED) is 0.819. The van der Waals surface area contributed by atoms with Crippen LogP contribution >= 0.6 is 0 Å². The van der Waals surface area contributed by atoms with E-state index in [4.69, 9.17) is 4.42 Å². The number of carbonyl (C=O) groups excluding carboxylic acids is 2. The number of phenolic OH excluding ortho intramolecular Hbond substituents is 1. The summed E-state index contributed by atoms with van der Waals surface area (Å²) in [5.41, 5.74) is -0.146. The molecule has 6 heteroatoms. The molecule has 0 bridgehead atoms. The van der Waals surface area contributed by atoms with Gasteiger partial charge < -0.3 is 14.8 Å². The van der Waals surface area contributed by atoms with Gasteiger partial charge in [-0.1, -0.05) is 6.92 Å². The van der Waals surface area contributed by atoms with Crippen LogP contribution in [0.2, 0.25) is 0 Å². The van der Waals surface area contributed by atoms with Crippen molar-refractivity contribution in [3.63, 3.8) is 0 Å². The maximum absolute atomic E-state index is 12.5. The molecule has 0 unspecified atom stereocenters. The first-order chi connectivity index (χ1) is 10.5. The third-order valence-corrected chi connectivity index (χ3v) is 3.40. The molecule has 1 aromatic carbocycles. The van der Waals surface area contributed by atoms with E-state index >= 15 is 0 Å². The second-order valence-electron chi connectivity index (χ2n) is 4.99. The van der Waals surface area contributed by atoms with Crippen LogP contribution in [0.25, 0.3) is 11.0 Å². The maximum Gasteiger partial charge on any atom is 0.224 e. The van der Waals surface area contributed by atoms with Crippen molar-refractivity contribution in [3.05, 3.63) is 39.2 Å². The van der Waals surface area contributed by atoms with E-state index in [0.29, 0.717) is 12.8 Å². The zero-order valence-corrected chi connectivity index (χ0v) is 12.4. The fourth-order valence-electron chi connectivity index (χ4n) is 2.22. The lowest BCUT2D eigenvalue weighted by atomic mass is 10.0. The number of fused-ring (bicyclic) bond motifs is 1. The van der Waals surface area contributed by atoms with Crippen molar-refractivity contribution in [1.82, 2.24) is 5.32 Å². The molecule has 0 saturated heterocycles. The number of aldehydes is 1. The Hall–Kier alpha value is -2.63. The molecule has 1 heterocycles. The molecule has 0 aliphatic rings. The standard InChI is InChI=1S/C16H17NO5/c1-3-6-17-14(20)7-11-9(2)22-16-10(15(11)21)4-5-13(19)12(16)8-18/h4-5,8,19H,3,6-7H2,1-2H3,(H,17,20). The Morgan fingerprint density at radius 1 is 1.41 bits per heavy atom. The minimum Gasteiger partial charge on any atom is -0.507 e. The topological polar surface area (TPSA) is 96.6 Å². The number of hydrogen-bond donors (Lipinski definition) is 2. The average Bonchev–Trinajstić information content (AvgIpc) is 2.49. The minimum absolute atomic E-state index is 0.0372. The Balaban J connectivity index is 2.55. The Morgan fingerprint density at radius 3 is 2.77 bits per heavy atom. The molecule has 0 saturated carbocycles. The Kier molecular flexibility index (Phi) is 4.60. The van der Waals surface area contributed by atoms with Gasteiger partial charge in [0.1, 0.15) is 11.5 Å². The zero-order chi connectivity index (χ0) is 16.3. The van der Waals surface area contributed by atoms with Gasteiger partial charge in [-0.15, -0.1) is 0 Å². The van der Waals surface area contributed by atoms with Crippen LogP contribution in [0.3, 0.4) is 0 Å². The molecular weight excluding hydrogens is 286 g/mol. The molecule has 0 radical (unpaired) electrons. The SMILES string of the molecule is CCCNC(=O)Cc1c(C)oc2c(C=O)c(O)ccc2c1=O. The first-order valence-corrected chi connectivity index (χ1v) is 6.99. The molecule has 0 spiro atoms. The summed E-state index contributed by atoms with van der Waals surface area (Å²) in [6.45, 7) is 4.03. The fourth-order valence-corrected chi connectivity index (χ4v) is 2.22. The summed E-state index contributed by atoms with van der Waals surface area (Å²) in [5.74, 6) is -0.248. The van der Waals surface area contributed by atoms with Gasteiger partial charge in [0.25, 0.3) is 0 Å². The van der Waals surface area contributed by atoms with Gasteiger partial charge in [0.2, 0.25) is 5.91 Å². The van der Waals surface area contributed by atoms with Crippen molar-refractivity contribution < 1.29 is 19.1 Å². The summed E-state index contributed by atoms with van der Waals surface area (Å²) in [6, 6.07) is 2.65. The third kappa shape index (κ3) is 2.86. The number of aryl methyl sites for hydroxylation is 1. The van der Waals surface area contributed by atoms with Crippen LogP contribution in [0.1, 0.15) is 35.0 Å². The summed E-state index contributed by atoms with van der Waals surface area (Å²) in [4.78, 5) is 35.4. The molecule has 0 aliphatic carbocycles. The van der Waals surface area contributed by atoms with Gasteiger partial charge in [0.05, 0.1) is 17.4 Å². The van der Waals surface area contributed by atoms with Crippen molar-refractivity contribution in [3.8, 4) is 5.75 Å².